The Labute approximate surface area is 291 Å². The van der Waals surface area contributed by atoms with E-state index in [1.165, 1.54) is 6.07 Å². The van der Waals surface area contributed by atoms with E-state index in [9.17, 15) is 49.7 Å². The van der Waals surface area contributed by atoms with Crippen LogP contribution in [0.5, 0.6) is 0 Å². The molecule has 0 spiro atoms. The molecule has 284 valence electrons. The monoisotopic (exact) mass is 715 g/mol. The van der Waals surface area contributed by atoms with Gasteiger partial charge in [0, 0.05) is 17.7 Å². The predicted molar refractivity (Wildman–Crippen MR) is 180 cm³/mol. The maximum absolute atomic E-state index is 12.7. The third-order valence-corrected chi connectivity index (χ3v) is 6.48. The highest BCUT2D eigenvalue weighted by Crippen LogP contribution is 2.34. The standard InChI is InChI=1S/C32H53N5O13/c1-30(2,3)48-34(27(40)41)16-10-13-21-19-22(20-33-26(38)39)23(14-11-17-35(28(42)43)49-31(4,5)6)24(25(21)37(46)47)15-12-18-36(29(44)45)50-32(7,8)9/h19,33H,10-18,20H2,1-9H3,(H,38,39)(H,40,41)(H,42,43)(H,44,45). The van der Waals surface area contributed by atoms with Gasteiger partial charge in [-0.1, -0.05) is 0 Å². The minimum absolute atomic E-state index is 0.0154. The molecule has 0 fully saturated rings. The summed E-state index contributed by atoms with van der Waals surface area (Å²) in [6, 6.07) is 1.50. The van der Waals surface area contributed by atoms with Crippen LogP contribution in [0.3, 0.4) is 0 Å². The summed E-state index contributed by atoms with van der Waals surface area (Å²) in [5.41, 5.74) is -1.57. The number of carboxylic acid groups (broad SMARTS) is 4. The van der Waals surface area contributed by atoms with E-state index in [4.69, 9.17) is 14.5 Å². The minimum Gasteiger partial charge on any atom is -0.465 e. The second kappa shape index (κ2) is 18.5. The van der Waals surface area contributed by atoms with Gasteiger partial charge in [0.25, 0.3) is 5.69 Å². The minimum atomic E-state index is -1.36. The molecule has 50 heavy (non-hydrogen) atoms. The highest BCUT2D eigenvalue weighted by Gasteiger charge is 2.29. The smallest absolute Gasteiger partial charge is 0.431 e. The van der Waals surface area contributed by atoms with E-state index in [2.05, 4.69) is 5.32 Å². The largest absolute Gasteiger partial charge is 0.465 e. The van der Waals surface area contributed by atoms with Gasteiger partial charge in [-0.2, -0.15) is 15.2 Å². The van der Waals surface area contributed by atoms with Gasteiger partial charge >= 0.3 is 24.4 Å². The van der Waals surface area contributed by atoms with Crippen LogP contribution in [0.1, 0.15) is 104 Å². The quantitative estimate of drug-likeness (QED) is 0.0830. The van der Waals surface area contributed by atoms with Gasteiger partial charge in [0.05, 0.1) is 41.4 Å². The van der Waals surface area contributed by atoms with Crippen LogP contribution >= 0.6 is 0 Å². The first-order valence-corrected chi connectivity index (χ1v) is 16.2. The zero-order valence-electron chi connectivity index (χ0n) is 30.4. The Morgan fingerprint density at radius 1 is 0.660 bits per heavy atom. The van der Waals surface area contributed by atoms with Crippen molar-refractivity contribution in [3.05, 3.63) is 38.4 Å². The SMILES string of the molecule is CC(C)(C)ON(CCCc1cc(CNC(=O)O)c(CCCN(OC(C)(C)C)C(=O)O)c(CCCN(OC(C)(C)C)C(=O)O)c1[N+](=O)[O-])C(=O)O. The van der Waals surface area contributed by atoms with Gasteiger partial charge < -0.3 is 25.7 Å². The second-order valence-electron chi connectivity index (χ2n) is 14.5. The molecular formula is C32H53N5O13. The molecule has 0 bridgehead atoms. The lowest BCUT2D eigenvalue weighted by molar-refractivity contribution is -0.386. The molecule has 1 rings (SSSR count). The Morgan fingerprint density at radius 2 is 1.02 bits per heavy atom. The van der Waals surface area contributed by atoms with Gasteiger partial charge in [-0.05, 0) is 118 Å². The zero-order valence-corrected chi connectivity index (χ0v) is 30.4. The van der Waals surface area contributed by atoms with Crippen molar-refractivity contribution < 1.29 is 59.0 Å². The van der Waals surface area contributed by atoms with Gasteiger partial charge in [-0.3, -0.25) is 24.6 Å². The van der Waals surface area contributed by atoms with Gasteiger partial charge in [0.2, 0.25) is 0 Å². The van der Waals surface area contributed by atoms with Crippen molar-refractivity contribution in [3.63, 3.8) is 0 Å². The van der Waals surface area contributed by atoms with Crippen LogP contribution in [0.15, 0.2) is 6.07 Å². The van der Waals surface area contributed by atoms with E-state index in [0.717, 1.165) is 15.2 Å². The highest BCUT2D eigenvalue weighted by molar-refractivity contribution is 5.66. The van der Waals surface area contributed by atoms with Crippen molar-refractivity contribution in [1.82, 2.24) is 20.5 Å². The molecule has 0 radical (unpaired) electrons. The lowest BCUT2D eigenvalue weighted by Gasteiger charge is -2.28. The molecule has 0 aliphatic rings. The molecule has 1 aromatic carbocycles. The molecule has 0 aromatic heterocycles. The first-order valence-electron chi connectivity index (χ1n) is 16.2. The summed E-state index contributed by atoms with van der Waals surface area (Å²) in [7, 11) is 0. The predicted octanol–water partition coefficient (Wildman–Crippen LogP) is 6.29. The fourth-order valence-electron chi connectivity index (χ4n) is 4.97. The molecule has 0 aliphatic carbocycles. The molecule has 5 N–H and O–H groups in total. The van der Waals surface area contributed by atoms with E-state index >= 15 is 0 Å². The highest BCUT2D eigenvalue weighted by atomic mass is 16.7. The Kier molecular flexibility index (Phi) is 16.2. The van der Waals surface area contributed by atoms with Crippen molar-refractivity contribution in [3.8, 4) is 0 Å². The molecule has 0 aliphatic heterocycles. The van der Waals surface area contributed by atoms with E-state index in [1.54, 1.807) is 62.3 Å². The van der Waals surface area contributed by atoms with Crippen molar-refractivity contribution in [2.45, 2.75) is 124 Å². The number of amides is 4. The van der Waals surface area contributed by atoms with E-state index in [-0.39, 0.29) is 81.5 Å². The number of nitro benzene ring substituents is 1. The van der Waals surface area contributed by atoms with E-state index in [1.807, 2.05) is 0 Å². The summed E-state index contributed by atoms with van der Waals surface area (Å²) >= 11 is 0. The third kappa shape index (κ3) is 16.3. The molecule has 1 aromatic rings. The van der Waals surface area contributed by atoms with Crippen LogP contribution in [-0.2, 0) is 40.3 Å². The van der Waals surface area contributed by atoms with Crippen LogP contribution in [0.25, 0.3) is 0 Å². The fourth-order valence-corrected chi connectivity index (χ4v) is 4.97. The number of benzene rings is 1. The molecule has 0 atom stereocenters. The molecule has 0 heterocycles. The number of hydrogen-bond acceptors (Lipinski definition) is 9. The van der Waals surface area contributed by atoms with Gasteiger partial charge in [0.1, 0.15) is 0 Å². The number of hydroxylamine groups is 6. The average molecular weight is 716 g/mol. The molecular weight excluding hydrogens is 662 g/mol. The number of aryl methyl sites for hydroxylation is 1. The van der Waals surface area contributed by atoms with Gasteiger partial charge in [-0.15, -0.1) is 0 Å². The maximum atomic E-state index is 12.7. The number of nitrogens with zero attached hydrogens (tertiary/aromatic N) is 4. The summed E-state index contributed by atoms with van der Waals surface area (Å²) in [5, 5.41) is 55.7. The Balaban J connectivity index is 3.71. The van der Waals surface area contributed by atoms with Crippen molar-refractivity contribution in [2.75, 3.05) is 19.6 Å². The van der Waals surface area contributed by atoms with Gasteiger partial charge in [0.15, 0.2) is 0 Å². The second-order valence-corrected chi connectivity index (χ2v) is 14.5. The lowest BCUT2D eigenvalue weighted by atomic mass is 9.88. The number of rotatable bonds is 18. The Hall–Kier alpha value is -4.42. The number of hydrogen-bond donors (Lipinski definition) is 5. The van der Waals surface area contributed by atoms with E-state index < -0.39 is 46.1 Å². The first kappa shape index (κ1) is 43.6. The normalized spacial score (nSPS) is 11.9. The van der Waals surface area contributed by atoms with Crippen LogP contribution < -0.4 is 5.32 Å². The summed E-state index contributed by atoms with van der Waals surface area (Å²) in [5.74, 6) is 0. The summed E-state index contributed by atoms with van der Waals surface area (Å²) in [6.45, 7) is 14.4. The summed E-state index contributed by atoms with van der Waals surface area (Å²) in [4.78, 5) is 75.8. The van der Waals surface area contributed by atoms with Crippen molar-refractivity contribution >= 4 is 30.1 Å². The topological polar surface area (TPSA) is 242 Å². The number of nitrogens with one attached hydrogen (secondary N) is 1. The molecule has 0 saturated carbocycles. The summed E-state index contributed by atoms with van der Waals surface area (Å²) in [6.07, 6.45) is -4.99. The fraction of sp³-hybridized carbons (Fsp3) is 0.688. The van der Waals surface area contributed by atoms with Gasteiger partial charge in [-0.25, -0.2) is 19.2 Å². The third-order valence-electron chi connectivity index (χ3n) is 6.48. The van der Waals surface area contributed by atoms with Crippen LogP contribution in [0.4, 0.5) is 24.9 Å². The van der Waals surface area contributed by atoms with Crippen LogP contribution in [0.2, 0.25) is 0 Å². The molecule has 0 saturated heterocycles. The maximum Gasteiger partial charge on any atom is 0.431 e. The number of nitro groups is 1. The zero-order chi connectivity index (χ0) is 38.6. The first-order chi connectivity index (χ1) is 22.8. The Morgan fingerprint density at radius 3 is 1.34 bits per heavy atom. The van der Waals surface area contributed by atoms with Crippen molar-refractivity contribution in [1.29, 1.82) is 0 Å². The van der Waals surface area contributed by atoms with Crippen LogP contribution in [-0.4, -0.2) is 101 Å². The van der Waals surface area contributed by atoms with Crippen LogP contribution in [0, 0.1) is 10.1 Å². The molecule has 18 nitrogen and oxygen atoms in total. The number of carbonyl (C=O) groups is 4. The Bertz CT molecular complexity index is 1350. The molecule has 4 amide bonds. The molecule has 0 unspecified atom stereocenters. The van der Waals surface area contributed by atoms with E-state index in [0.29, 0.717) is 11.1 Å². The average Bonchev–Trinajstić information content (AvgIpc) is 2.92. The summed E-state index contributed by atoms with van der Waals surface area (Å²) < 4.78 is 0. The van der Waals surface area contributed by atoms with Crippen molar-refractivity contribution in [2.24, 2.45) is 0 Å². The molecule has 18 heteroatoms. The lowest BCUT2D eigenvalue weighted by Crippen LogP contribution is -2.38.